The maximum atomic E-state index is 10.6. The molecule has 4 N–H and O–H groups in total. The largest absolute Gasteiger partial charge is 0.369 e. The minimum Gasteiger partial charge on any atom is -0.369 e. The first-order valence-corrected chi connectivity index (χ1v) is 5.22. The monoisotopic (exact) mass is 230 g/mol. The highest BCUT2D eigenvalue weighted by atomic mass is 35.5. The molecule has 6 heteroatoms. The van der Waals surface area contributed by atoms with Gasteiger partial charge in [-0.05, 0) is 18.4 Å². The molecule has 0 aliphatic heterocycles. The third-order valence-electron chi connectivity index (χ3n) is 1.35. The molecule has 0 aliphatic carbocycles. The van der Waals surface area contributed by atoms with Crippen molar-refractivity contribution in [2.45, 2.75) is 17.7 Å². The minimum atomic E-state index is -0.512. The standard InChI is InChI=1S/C6H14N2OS2.ClH/c1-11-3-2-4(7)5(10)6(8)9;/h4-5,10H,2-3,7H2,1H3,(H2,8,9);1H. The van der Waals surface area contributed by atoms with Crippen LogP contribution in [-0.4, -0.2) is 29.2 Å². The number of halogens is 1. The summed E-state index contributed by atoms with van der Waals surface area (Å²) in [5.74, 6) is 0.493. The van der Waals surface area contributed by atoms with Gasteiger partial charge in [0.05, 0.1) is 5.25 Å². The number of rotatable bonds is 5. The summed E-state index contributed by atoms with van der Waals surface area (Å²) in [5, 5.41) is -0.512. The molecule has 12 heavy (non-hydrogen) atoms. The van der Waals surface area contributed by atoms with Crippen LogP contribution < -0.4 is 11.5 Å². The van der Waals surface area contributed by atoms with Crippen LogP contribution in [-0.2, 0) is 4.79 Å². The fourth-order valence-electron chi connectivity index (χ4n) is 0.623. The molecule has 0 heterocycles. The molecule has 74 valence electrons. The highest BCUT2D eigenvalue weighted by Crippen LogP contribution is 2.06. The topological polar surface area (TPSA) is 69.1 Å². The van der Waals surface area contributed by atoms with Crippen LogP contribution in [0.15, 0.2) is 0 Å². The van der Waals surface area contributed by atoms with E-state index in [4.69, 9.17) is 11.5 Å². The molecule has 0 bridgehead atoms. The van der Waals surface area contributed by atoms with E-state index in [1.165, 1.54) is 0 Å². The summed E-state index contributed by atoms with van der Waals surface area (Å²) in [6, 6.07) is -0.219. The first-order valence-electron chi connectivity index (χ1n) is 3.31. The van der Waals surface area contributed by atoms with E-state index in [2.05, 4.69) is 12.6 Å². The maximum Gasteiger partial charge on any atom is 0.231 e. The Balaban J connectivity index is 0. The predicted octanol–water partition coefficient (Wildman–Crippen LogP) is 0.272. The summed E-state index contributed by atoms with van der Waals surface area (Å²) in [6.45, 7) is 0. The van der Waals surface area contributed by atoms with Crippen LogP contribution in [0.2, 0.25) is 0 Å². The van der Waals surface area contributed by atoms with Crippen LogP contribution in [0.4, 0.5) is 0 Å². The second-order valence-electron chi connectivity index (χ2n) is 2.29. The van der Waals surface area contributed by atoms with Crippen LogP contribution >= 0.6 is 36.8 Å². The summed E-state index contributed by atoms with van der Waals surface area (Å²) in [4.78, 5) is 10.6. The van der Waals surface area contributed by atoms with Crippen molar-refractivity contribution in [3.05, 3.63) is 0 Å². The van der Waals surface area contributed by atoms with Crippen molar-refractivity contribution in [3.8, 4) is 0 Å². The molecule has 0 rings (SSSR count). The molecule has 1 amide bonds. The van der Waals surface area contributed by atoms with E-state index in [1.54, 1.807) is 11.8 Å². The van der Waals surface area contributed by atoms with Gasteiger partial charge in [-0.25, -0.2) is 0 Å². The summed E-state index contributed by atoms with van der Waals surface area (Å²) in [7, 11) is 0. The van der Waals surface area contributed by atoms with Crippen LogP contribution in [0.5, 0.6) is 0 Å². The molecule has 0 fully saturated rings. The molecule has 3 nitrogen and oxygen atoms in total. The quantitative estimate of drug-likeness (QED) is 0.594. The van der Waals surface area contributed by atoms with Crippen LogP contribution in [0, 0.1) is 0 Å². The molecule has 0 aromatic rings. The number of primary amides is 1. The van der Waals surface area contributed by atoms with Gasteiger partial charge < -0.3 is 11.5 Å². The SMILES string of the molecule is CSCCC(N)C(S)C(N)=O.Cl. The minimum absolute atomic E-state index is 0. The van der Waals surface area contributed by atoms with Crippen molar-refractivity contribution in [1.82, 2.24) is 0 Å². The number of hydrogen-bond donors (Lipinski definition) is 3. The highest BCUT2D eigenvalue weighted by Gasteiger charge is 2.17. The Labute approximate surface area is 88.8 Å². The third-order valence-corrected chi connectivity index (χ3v) is 2.63. The van der Waals surface area contributed by atoms with Crippen LogP contribution in [0.3, 0.4) is 0 Å². The molecular weight excluding hydrogens is 216 g/mol. The Kier molecular flexibility index (Phi) is 9.99. The lowest BCUT2D eigenvalue weighted by molar-refractivity contribution is -0.117. The summed E-state index contributed by atoms with van der Waals surface area (Å²) >= 11 is 5.68. The second kappa shape index (κ2) is 8.04. The predicted molar refractivity (Wildman–Crippen MR) is 60.2 cm³/mol. The molecule has 0 spiro atoms. The molecule has 2 atom stereocenters. The van der Waals surface area contributed by atoms with E-state index in [-0.39, 0.29) is 18.4 Å². The van der Waals surface area contributed by atoms with Gasteiger partial charge in [-0.3, -0.25) is 4.79 Å². The number of thiol groups is 1. The van der Waals surface area contributed by atoms with Gasteiger partial charge in [-0.1, -0.05) is 0 Å². The molecule has 0 saturated heterocycles. The lowest BCUT2D eigenvalue weighted by Gasteiger charge is -2.14. The Morgan fingerprint density at radius 3 is 2.50 bits per heavy atom. The maximum absolute atomic E-state index is 10.6. The number of amides is 1. The van der Waals surface area contributed by atoms with E-state index in [0.717, 1.165) is 12.2 Å². The second-order valence-corrected chi connectivity index (χ2v) is 3.83. The van der Waals surface area contributed by atoms with Gasteiger partial charge in [0.2, 0.25) is 5.91 Å². The Morgan fingerprint density at radius 1 is 1.67 bits per heavy atom. The summed E-state index contributed by atoms with van der Waals surface area (Å²) in [6.07, 6.45) is 2.77. The lowest BCUT2D eigenvalue weighted by atomic mass is 10.1. The Bertz CT molecular complexity index is 137. The first kappa shape index (κ1) is 14.9. The van der Waals surface area contributed by atoms with E-state index < -0.39 is 11.2 Å². The smallest absolute Gasteiger partial charge is 0.231 e. The van der Waals surface area contributed by atoms with Crippen molar-refractivity contribution in [2.75, 3.05) is 12.0 Å². The van der Waals surface area contributed by atoms with Crippen molar-refractivity contribution >= 4 is 42.7 Å². The molecule has 2 unspecified atom stereocenters. The van der Waals surface area contributed by atoms with Gasteiger partial charge in [-0.2, -0.15) is 24.4 Å². The van der Waals surface area contributed by atoms with Gasteiger partial charge >= 0.3 is 0 Å². The number of nitrogens with two attached hydrogens (primary N) is 2. The Morgan fingerprint density at radius 2 is 2.17 bits per heavy atom. The first-order chi connectivity index (χ1) is 5.09. The Hall–Kier alpha value is 0.420. The van der Waals surface area contributed by atoms with Gasteiger partial charge in [-0.15, -0.1) is 12.4 Å². The zero-order valence-corrected chi connectivity index (χ0v) is 9.42. The van der Waals surface area contributed by atoms with Gasteiger partial charge in [0, 0.05) is 6.04 Å². The average Bonchev–Trinajstić information content (AvgIpc) is 1.98. The van der Waals surface area contributed by atoms with Gasteiger partial charge in [0.15, 0.2) is 0 Å². The number of carbonyl (C=O) groups excluding carboxylic acids is 1. The lowest BCUT2D eigenvalue weighted by Crippen LogP contribution is -2.40. The van der Waals surface area contributed by atoms with E-state index >= 15 is 0 Å². The molecular formula is C6H15ClN2OS2. The van der Waals surface area contributed by atoms with Gasteiger partial charge in [0.1, 0.15) is 0 Å². The van der Waals surface area contributed by atoms with Crippen molar-refractivity contribution in [2.24, 2.45) is 11.5 Å². The molecule has 0 aliphatic rings. The highest BCUT2D eigenvalue weighted by molar-refractivity contribution is 7.98. The third kappa shape index (κ3) is 5.99. The van der Waals surface area contributed by atoms with E-state index in [0.29, 0.717) is 0 Å². The number of hydrogen-bond acceptors (Lipinski definition) is 4. The fourth-order valence-corrected chi connectivity index (χ4v) is 1.28. The van der Waals surface area contributed by atoms with Crippen molar-refractivity contribution in [3.63, 3.8) is 0 Å². The fraction of sp³-hybridized carbons (Fsp3) is 0.833. The molecule has 0 aromatic carbocycles. The van der Waals surface area contributed by atoms with Crippen molar-refractivity contribution in [1.29, 1.82) is 0 Å². The normalized spacial score (nSPS) is 14.6. The summed E-state index contributed by atoms with van der Waals surface area (Å²) in [5.41, 5.74) is 10.6. The molecule has 0 aromatic heterocycles. The zero-order chi connectivity index (χ0) is 8.85. The number of thioether (sulfide) groups is 1. The average molecular weight is 231 g/mol. The van der Waals surface area contributed by atoms with Crippen LogP contribution in [0.25, 0.3) is 0 Å². The van der Waals surface area contributed by atoms with E-state index in [9.17, 15) is 4.79 Å². The van der Waals surface area contributed by atoms with E-state index in [1.807, 2.05) is 6.26 Å². The van der Waals surface area contributed by atoms with Crippen LogP contribution in [0.1, 0.15) is 6.42 Å². The number of carbonyl (C=O) groups is 1. The molecule has 0 saturated carbocycles. The van der Waals surface area contributed by atoms with Gasteiger partial charge in [0.25, 0.3) is 0 Å². The molecule has 0 radical (unpaired) electrons. The zero-order valence-electron chi connectivity index (χ0n) is 6.90. The summed E-state index contributed by atoms with van der Waals surface area (Å²) < 4.78 is 0. The van der Waals surface area contributed by atoms with Crippen molar-refractivity contribution < 1.29 is 4.79 Å².